The Labute approximate surface area is 127 Å². The lowest BCUT2D eigenvalue weighted by Crippen LogP contribution is -2.51. The van der Waals surface area contributed by atoms with Gasteiger partial charge in [0.05, 0.1) is 0 Å². The molecule has 1 heterocycles. The van der Waals surface area contributed by atoms with Crippen molar-refractivity contribution in [3.63, 3.8) is 0 Å². The van der Waals surface area contributed by atoms with Crippen LogP contribution in [0.5, 0.6) is 0 Å². The summed E-state index contributed by atoms with van der Waals surface area (Å²) in [5.74, 6) is 2.85. The van der Waals surface area contributed by atoms with E-state index >= 15 is 0 Å². The van der Waals surface area contributed by atoms with E-state index in [1.54, 1.807) is 0 Å². The van der Waals surface area contributed by atoms with Gasteiger partial charge >= 0.3 is 0 Å². The summed E-state index contributed by atoms with van der Waals surface area (Å²) in [6, 6.07) is 0. The topological polar surface area (TPSA) is 3.24 Å². The van der Waals surface area contributed by atoms with E-state index in [0.29, 0.717) is 0 Å². The van der Waals surface area contributed by atoms with Gasteiger partial charge in [0.1, 0.15) is 0 Å². The smallest absolute Gasteiger partial charge is 0.00383 e. The van der Waals surface area contributed by atoms with Crippen molar-refractivity contribution >= 4 is 0 Å². The fraction of sp³-hybridized carbons (Fsp3) is 1.00. The normalized spacial score (nSPS) is 23.9. The zero-order valence-corrected chi connectivity index (χ0v) is 14.5. The fourth-order valence-corrected chi connectivity index (χ4v) is 4.17. The number of hydrogen-bond donors (Lipinski definition) is 0. The van der Waals surface area contributed by atoms with E-state index in [2.05, 4.69) is 32.6 Å². The van der Waals surface area contributed by atoms with Gasteiger partial charge in [-0.1, -0.05) is 59.8 Å². The number of rotatable bonds is 10. The minimum Gasteiger partial charge on any atom is -0.302 e. The van der Waals surface area contributed by atoms with E-state index in [0.717, 1.165) is 23.2 Å². The molecule has 1 saturated carbocycles. The van der Waals surface area contributed by atoms with Crippen LogP contribution in [0, 0.1) is 23.2 Å². The van der Waals surface area contributed by atoms with Crippen molar-refractivity contribution in [2.24, 2.45) is 23.2 Å². The molecule has 0 amide bonds. The lowest BCUT2D eigenvalue weighted by molar-refractivity contribution is 0.0373. The summed E-state index contributed by atoms with van der Waals surface area (Å²) in [6.45, 7) is 13.8. The molecule has 0 bridgehead atoms. The van der Waals surface area contributed by atoms with Crippen molar-refractivity contribution < 1.29 is 0 Å². The van der Waals surface area contributed by atoms with E-state index in [4.69, 9.17) is 0 Å². The SMILES string of the molecule is CCCCCCC(C)C1CN(CC2(CC(C)C)CC2)C1. The second kappa shape index (κ2) is 7.29. The molecule has 20 heavy (non-hydrogen) atoms. The molecule has 118 valence electrons. The average Bonchev–Trinajstić information content (AvgIpc) is 3.07. The number of likely N-dealkylation sites (tertiary alicyclic amines) is 1. The van der Waals surface area contributed by atoms with Crippen LogP contribution < -0.4 is 0 Å². The Hall–Kier alpha value is -0.0400. The van der Waals surface area contributed by atoms with Crippen LogP contribution >= 0.6 is 0 Å². The molecule has 1 aliphatic carbocycles. The summed E-state index contributed by atoms with van der Waals surface area (Å²) in [7, 11) is 0. The third-order valence-corrected chi connectivity index (χ3v) is 5.66. The van der Waals surface area contributed by atoms with Gasteiger partial charge in [-0.05, 0) is 42.4 Å². The Balaban J connectivity index is 1.57. The molecule has 1 heteroatoms. The number of hydrogen-bond acceptors (Lipinski definition) is 1. The highest BCUT2D eigenvalue weighted by atomic mass is 15.2. The highest BCUT2D eigenvalue weighted by molar-refractivity contribution is 4.98. The zero-order valence-electron chi connectivity index (χ0n) is 14.5. The molecule has 0 aromatic carbocycles. The summed E-state index contributed by atoms with van der Waals surface area (Å²) in [6.07, 6.45) is 11.6. The molecule has 1 nitrogen and oxygen atoms in total. The average molecular weight is 280 g/mol. The summed E-state index contributed by atoms with van der Waals surface area (Å²) in [5, 5.41) is 0. The van der Waals surface area contributed by atoms with Gasteiger partial charge in [-0.2, -0.15) is 0 Å². The maximum Gasteiger partial charge on any atom is 0.00383 e. The van der Waals surface area contributed by atoms with Crippen LogP contribution in [0.1, 0.15) is 79.1 Å². The molecule has 0 aromatic rings. The van der Waals surface area contributed by atoms with E-state index in [1.165, 1.54) is 71.0 Å². The second-order valence-corrected chi connectivity index (χ2v) is 8.38. The lowest BCUT2D eigenvalue weighted by atomic mass is 9.82. The summed E-state index contributed by atoms with van der Waals surface area (Å²) in [5.41, 5.74) is 0.740. The Kier molecular flexibility index (Phi) is 5.95. The fourth-order valence-electron chi connectivity index (χ4n) is 4.17. The summed E-state index contributed by atoms with van der Waals surface area (Å²) in [4.78, 5) is 2.75. The minimum atomic E-state index is 0.740. The Morgan fingerprint density at radius 3 is 2.30 bits per heavy atom. The van der Waals surface area contributed by atoms with E-state index in [1.807, 2.05) is 0 Å². The minimum absolute atomic E-state index is 0.740. The third kappa shape index (κ3) is 4.76. The molecule has 1 saturated heterocycles. The van der Waals surface area contributed by atoms with Crippen LogP contribution in [0.4, 0.5) is 0 Å². The number of unbranched alkanes of at least 4 members (excludes halogenated alkanes) is 3. The van der Waals surface area contributed by atoms with Gasteiger partial charge in [-0.15, -0.1) is 0 Å². The first-order valence-corrected chi connectivity index (χ1v) is 9.27. The predicted molar refractivity (Wildman–Crippen MR) is 89.0 cm³/mol. The van der Waals surface area contributed by atoms with Crippen LogP contribution in [-0.4, -0.2) is 24.5 Å². The molecule has 1 unspecified atom stereocenters. The third-order valence-electron chi connectivity index (χ3n) is 5.66. The van der Waals surface area contributed by atoms with Crippen LogP contribution in [0.25, 0.3) is 0 Å². The lowest BCUT2D eigenvalue weighted by Gasteiger charge is -2.44. The molecule has 0 aromatic heterocycles. The first kappa shape index (κ1) is 16.3. The molecule has 1 aliphatic heterocycles. The molecule has 2 rings (SSSR count). The van der Waals surface area contributed by atoms with Crippen LogP contribution in [-0.2, 0) is 0 Å². The number of nitrogens with zero attached hydrogens (tertiary/aromatic N) is 1. The van der Waals surface area contributed by atoms with E-state index < -0.39 is 0 Å². The van der Waals surface area contributed by atoms with Gasteiger partial charge < -0.3 is 4.90 Å². The van der Waals surface area contributed by atoms with Gasteiger partial charge in [0, 0.05) is 19.6 Å². The van der Waals surface area contributed by atoms with Gasteiger partial charge in [0.2, 0.25) is 0 Å². The standard InChI is InChI=1S/C19H37N/c1-5-6-7-8-9-17(4)18-13-20(14-18)15-19(10-11-19)12-16(2)3/h16-18H,5-15H2,1-4H3. The maximum atomic E-state index is 2.75. The van der Waals surface area contributed by atoms with Crippen molar-refractivity contribution in [1.82, 2.24) is 4.90 Å². The molecule has 1 atom stereocenters. The van der Waals surface area contributed by atoms with Crippen LogP contribution in [0.3, 0.4) is 0 Å². The van der Waals surface area contributed by atoms with Crippen LogP contribution in [0.2, 0.25) is 0 Å². The Morgan fingerprint density at radius 2 is 1.75 bits per heavy atom. The van der Waals surface area contributed by atoms with Crippen LogP contribution in [0.15, 0.2) is 0 Å². The maximum absolute atomic E-state index is 2.75. The highest BCUT2D eigenvalue weighted by Crippen LogP contribution is 2.52. The Bertz CT molecular complexity index is 273. The van der Waals surface area contributed by atoms with Crippen molar-refractivity contribution in [2.75, 3.05) is 19.6 Å². The van der Waals surface area contributed by atoms with Crippen molar-refractivity contribution in [3.05, 3.63) is 0 Å². The van der Waals surface area contributed by atoms with Crippen molar-refractivity contribution in [3.8, 4) is 0 Å². The predicted octanol–water partition coefficient (Wildman–Crippen LogP) is 5.35. The zero-order chi connectivity index (χ0) is 14.6. The van der Waals surface area contributed by atoms with Crippen molar-refractivity contribution in [2.45, 2.75) is 79.1 Å². The van der Waals surface area contributed by atoms with E-state index in [9.17, 15) is 0 Å². The van der Waals surface area contributed by atoms with Gasteiger partial charge in [-0.3, -0.25) is 0 Å². The summed E-state index contributed by atoms with van der Waals surface area (Å²) < 4.78 is 0. The monoisotopic (exact) mass is 279 g/mol. The van der Waals surface area contributed by atoms with Gasteiger partial charge in [-0.25, -0.2) is 0 Å². The quantitative estimate of drug-likeness (QED) is 0.487. The Morgan fingerprint density at radius 1 is 1.05 bits per heavy atom. The van der Waals surface area contributed by atoms with Crippen molar-refractivity contribution in [1.29, 1.82) is 0 Å². The molecular weight excluding hydrogens is 242 g/mol. The molecule has 0 spiro atoms. The molecule has 2 fully saturated rings. The molecule has 2 aliphatic rings. The van der Waals surface area contributed by atoms with E-state index in [-0.39, 0.29) is 0 Å². The molecular formula is C19H37N. The van der Waals surface area contributed by atoms with Gasteiger partial charge in [0.15, 0.2) is 0 Å². The molecule has 0 radical (unpaired) electrons. The first-order chi connectivity index (χ1) is 9.54. The first-order valence-electron chi connectivity index (χ1n) is 9.27. The second-order valence-electron chi connectivity index (χ2n) is 8.38. The summed E-state index contributed by atoms with van der Waals surface area (Å²) >= 11 is 0. The van der Waals surface area contributed by atoms with Gasteiger partial charge in [0.25, 0.3) is 0 Å². The molecule has 0 N–H and O–H groups in total. The largest absolute Gasteiger partial charge is 0.302 e. The highest BCUT2D eigenvalue weighted by Gasteiger charge is 2.46.